The van der Waals surface area contributed by atoms with Crippen LogP contribution in [0.5, 0.6) is 0 Å². The molecule has 0 radical (unpaired) electrons. The first-order valence-electron chi connectivity index (χ1n) is 9.14. The van der Waals surface area contributed by atoms with Gasteiger partial charge in [-0.25, -0.2) is 8.42 Å². The second kappa shape index (κ2) is 7.94. The van der Waals surface area contributed by atoms with Crippen molar-refractivity contribution >= 4 is 38.8 Å². The lowest BCUT2D eigenvalue weighted by Gasteiger charge is -2.15. The summed E-state index contributed by atoms with van der Waals surface area (Å²) in [6.45, 7) is 0.279. The molecule has 2 aromatic heterocycles. The molecule has 4 rings (SSSR count). The Morgan fingerprint density at radius 3 is 2.62 bits per heavy atom. The maximum Gasteiger partial charge on any atom is 0.194 e. The zero-order valence-electron chi connectivity index (χ0n) is 15.4. The van der Waals surface area contributed by atoms with Gasteiger partial charge in [-0.2, -0.15) is 0 Å². The summed E-state index contributed by atoms with van der Waals surface area (Å²) in [6, 6.07) is 12.3. The molecule has 8 heteroatoms. The number of Topliss-reactive ketones (excluding diaryl/α,β-unsaturated/α-hetero) is 1. The van der Waals surface area contributed by atoms with Crippen LogP contribution in [0, 0.1) is 0 Å². The molecule has 1 saturated carbocycles. The monoisotopic (exact) mass is 448 g/mol. The second-order valence-electron chi connectivity index (χ2n) is 7.10. The van der Waals surface area contributed by atoms with Gasteiger partial charge in [0.2, 0.25) is 0 Å². The summed E-state index contributed by atoms with van der Waals surface area (Å²) in [7, 11) is -3.42. The molecule has 0 spiro atoms. The smallest absolute Gasteiger partial charge is 0.194 e. The van der Waals surface area contributed by atoms with Crippen molar-refractivity contribution in [2.75, 3.05) is 5.75 Å². The highest BCUT2D eigenvalue weighted by Gasteiger charge is 2.37. The Kier molecular flexibility index (Phi) is 5.51. The maximum absolute atomic E-state index is 12.9. The van der Waals surface area contributed by atoms with Gasteiger partial charge in [0.1, 0.15) is 5.75 Å². The molecular weight excluding hydrogens is 431 g/mol. The van der Waals surface area contributed by atoms with E-state index < -0.39 is 21.4 Å². The third-order valence-corrected chi connectivity index (χ3v) is 7.68. The molecule has 29 heavy (non-hydrogen) atoms. The minimum atomic E-state index is -3.42. The van der Waals surface area contributed by atoms with Crippen molar-refractivity contribution in [1.82, 2.24) is 9.55 Å². The normalized spacial score (nSPS) is 14.1. The van der Waals surface area contributed by atoms with Gasteiger partial charge in [0, 0.05) is 34.5 Å². The van der Waals surface area contributed by atoms with Crippen molar-refractivity contribution in [3.8, 4) is 11.3 Å². The van der Waals surface area contributed by atoms with Gasteiger partial charge in [0.15, 0.2) is 15.6 Å². The van der Waals surface area contributed by atoms with Gasteiger partial charge in [-0.3, -0.25) is 9.78 Å². The van der Waals surface area contributed by atoms with E-state index in [1.54, 1.807) is 53.4 Å². The molecule has 0 bridgehead atoms. The van der Waals surface area contributed by atoms with Gasteiger partial charge >= 0.3 is 0 Å². The predicted molar refractivity (Wildman–Crippen MR) is 114 cm³/mol. The average molecular weight is 449 g/mol. The van der Waals surface area contributed by atoms with E-state index in [1.807, 2.05) is 6.07 Å². The highest BCUT2D eigenvalue weighted by Crippen LogP contribution is 2.31. The van der Waals surface area contributed by atoms with Crippen LogP contribution in [0.1, 0.15) is 28.9 Å². The van der Waals surface area contributed by atoms with Crippen LogP contribution in [0.4, 0.5) is 0 Å². The van der Waals surface area contributed by atoms with E-state index in [9.17, 15) is 13.2 Å². The fourth-order valence-corrected chi connectivity index (χ4v) is 5.26. The number of benzene rings is 1. The fourth-order valence-electron chi connectivity index (χ4n) is 3.28. The number of ketones is 1. The van der Waals surface area contributed by atoms with Crippen LogP contribution >= 0.6 is 23.2 Å². The number of nitrogens with zero attached hydrogens (tertiary/aromatic N) is 2. The van der Waals surface area contributed by atoms with E-state index in [1.165, 1.54) is 0 Å². The first-order valence-corrected chi connectivity index (χ1v) is 11.6. The minimum Gasteiger partial charge on any atom is -0.333 e. The lowest BCUT2D eigenvalue weighted by molar-refractivity contribution is 0.101. The Morgan fingerprint density at radius 1 is 1.14 bits per heavy atom. The van der Waals surface area contributed by atoms with Gasteiger partial charge in [-0.1, -0.05) is 23.2 Å². The zero-order valence-corrected chi connectivity index (χ0v) is 17.7. The number of halogens is 2. The van der Waals surface area contributed by atoms with Crippen LogP contribution in [-0.2, 0) is 16.4 Å². The molecule has 0 unspecified atom stereocenters. The topological polar surface area (TPSA) is 69.0 Å². The number of hydrogen-bond acceptors (Lipinski definition) is 4. The van der Waals surface area contributed by atoms with E-state index in [2.05, 4.69) is 4.98 Å². The van der Waals surface area contributed by atoms with Crippen molar-refractivity contribution in [2.24, 2.45) is 0 Å². The first-order chi connectivity index (χ1) is 13.8. The third kappa shape index (κ3) is 4.39. The molecule has 0 amide bonds. The Morgan fingerprint density at radius 2 is 1.93 bits per heavy atom. The Bertz CT molecular complexity index is 1170. The Balaban J connectivity index is 1.76. The largest absolute Gasteiger partial charge is 0.333 e. The van der Waals surface area contributed by atoms with Gasteiger partial charge < -0.3 is 4.57 Å². The minimum absolute atomic E-state index is 0.279. The van der Waals surface area contributed by atoms with Crippen molar-refractivity contribution in [3.05, 3.63) is 76.2 Å². The van der Waals surface area contributed by atoms with Crippen molar-refractivity contribution in [2.45, 2.75) is 24.6 Å². The summed E-state index contributed by atoms with van der Waals surface area (Å²) in [5.74, 6) is -0.914. The lowest BCUT2D eigenvalue weighted by atomic mass is 10.2. The van der Waals surface area contributed by atoms with Crippen LogP contribution in [0.15, 0.2) is 54.9 Å². The maximum atomic E-state index is 12.9. The molecule has 2 heterocycles. The number of hydrogen-bond donors (Lipinski definition) is 0. The van der Waals surface area contributed by atoms with E-state index >= 15 is 0 Å². The lowest BCUT2D eigenvalue weighted by Crippen LogP contribution is -2.22. The van der Waals surface area contributed by atoms with E-state index in [0.717, 1.165) is 16.8 Å². The molecule has 0 aliphatic heterocycles. The standard InChI is InChI=1S/C21H18Cl2N2O3S/c22-16-3-6-18(23)15(10-16)12-25-19(14-2-1-9-24-11-14)7-8-20(25)21(26)13-29(27,28)17-4-5-17/h1-3,6-11,17H,4-5,12-13H2. The van der Waals surface area contributed by atoms with Crippen LogP contribution < -0.4 is 0 Å². The highest BCUT2D eigenvalue weighted by molar-refractivity contribution is 7.93. The molecule has 0 N–H and O–H groups in total. The average Bonchev–Trinajstić information content (AvgIpc) is 3.47. The molecular formula is C21H18Cl2N2O3S. The quantitative estimate of drug-likeness (QED) is 0.492. The molecule has 1 fully saturated rings. The number of aromatic nitrogens is 2. The van der Waals surface area contributed by atoms with E-state index in [-0.39, 0.29) is 11.8 Å². The molecule has 1 aliphatic rings. The Labute approximate surface area is 179 Å². The molecule has 1 aromatic carbocycles. The summed E-state index contributed by atoms with van der Waals surface area (Å²) in [5.41, 5.74) is 2.62. The zero-order chi connectivity index (χ0) is 20.6. The summed E-state index contributed by atoms with van der Waals surface area (Å²) in [5, 5.41) is 0.669. The third-order valence-electron chi connectivity index (χ3n) is 4.92. The van der Waals surface area contributed by atoms with E-state index in [4.69, 9.17) is 23.2 Å². The molecule has 1 aliphatic carbocycles. The SMILES string of the molecule is O=C(CS(=O)(=O)C1CC1)c1ccc(-c2cccnc2)n1Cc1cc(Cl)ccc1Cl. The highest BCUT2D eigenvalue weighted by atomic mass is 35.5. The summed E-state index contributed by atoms with van der Waals surface area (Å²) in [6.07, 6.45) is 4.63. The van der Waals surface area contributed by atoms with Crippen LogP contribution in [0.2, 0.25) is 10.0 Å². The van der Waals surface area contributed by atoms with Crippen molar-refractivity contribution in [3.63, 3.8) is 0 Å². The Hall–Kier alpha value is -2.15. The van der Waals surface area contributed by atoms with Crippen LogP contribution in [0.3, 0.4) is 0 Å². The summed E-state index contributed by atoms with van der Waals surface area (Å²) >= 11 is 12.5. The number of carbonyl (C=O) groups is 1. The van der Waals surface area contributed by atoms with E-state index in [0.29, 0.717) is 28.6 Å². The van der Waals surface area contributed by atoms with Gasteiger partial charge in [-0.05, 0) is 60.9 Å². The first kappa shape index (κ1) is 20.1. The number of sulfone groups is 1. The van der Waals surface area contributed by atoms with Crippen molar-refractivity contribution < 1.29 is 13.2 Å². The molecule has 150 valence electrons. The molecule has 3 aromatic rings. The van der Waals surface area contributed by atoms with Gasteiger partial charge in [-0.15, -0.1) is 0 Å². The number of carbonyl (C=O) groups excluding carboxylic acids is 1. The predicted octanol–water partition coefficient (Wildman–Crippen LogP) is 4.67. The number of pyridine rings is 1. The number of rotatable bonds is 7. The van der Waals surface area contributed by atoms with Gasteiger partial charge in [0.05, 0.1) is 16.6 Å². The van der Waals surface area contributed by atoms with Gasteiger partial charge in [0.25, 0.3) is 0 Å². The fraction of sp³-hybridized carbons (Fsp3) is 0.238. The molecule has 0 saturated heterocycles. The molecule has 5 nitrogen and oxygen atoms in total. The summed E-state index contributed by atoms with van der Waals surface area (Å²) < 4.78 is 26.5. The molecule has 0 atom stereocenters. The van der Waals surface area contributed by atoms with Crippen LogP contribution in [0.25, 0.3) is 11.3 Å². The second-order valence-corrected chi connectivity index (χ2v) is 10.2. The summed E-state index contributed by atoms with van der Waals surface area (Å²) in [4.78, 5) is 17.1. The van der Waals surface area contributed by atoms with Crippen molar-refractivity contribution in [1.29, 1.82) is 0 Å². The van der Waals surface area contributed by atoms with Crippen LogP contribution in [-0.4, -0.2) is 34.8 Å².